The third-order valence-electron chi connectivity index (χ3n) is 2.49. The maximum atomic E-state index is 4.37. The Balaban J connectivity index is 2.09. The lowest BCUT2D eigenvalue weighted by Gasteiger charge is -2.12. The number of nitrogens with zero attached hydrogens (tertiary/aromatic N) is 3. The summed E-state index contributed by atoms with van der Waals surface area (Å²) in [7, 11) is 1.93. The molecule has 0 aliphatic rings. The maximum Gasteiger partial charge on any atom is 0.0590 e. The van der Waals surface area contributed by atoms with Crippen LogP contribution < -0.4 is 5.01 Å². The van der Waals surface area contributed by atoms with Gasteiger partial charge in [-0.1, -0.05) is 17.7 Å². The van der Waals surface area contributed by atoms with Gasteiger partial charge in [0.1, 0.15) is 0 Å². The Kier molecular flexibility index (Phi) is 3.50. The summed E-state index contributed by atoms with van der Waals surface area (Å²) in [5.74, 6) is 0. The molecular formula is C14H15N3. The van der Waals surface area contributed by atoms with Crippen molar-refractivity contribution in [1.82, 2.24) is 4.98 Å². The first-order valence-electron chi connectivity index (χ1n) is 5.50. The SMILES string of the molecule is Cc1ccc(N(C)/N=C/c2ccncc2)cc1. The van der Waals surface area contributed by atoms with Crippen LogP contribution in [0.25, 0.3) is 0 Å². The molecule has 17 heavy (non-hydrogen) atoms. The van der Waals surface area contributed by atoms with Gasteiger partial charge in [-0.15, -0.1) is 0 Å². The van der Waals surface area contributed by atoms with E-state index < -0.39 is 0 Å². The molecule has 0 bridgehead atoms. The fourth-order valence-corrected chi connectivity index (χ4v) is 1.43. The van der Waals surface area contributed by atoms with Crippen LogP contribution in [0.3, 0.4) is 0 Å². The van der Waals surface area contributed by atoms with Gasteiger partial charge in [0.05, 0.1) is 11.9 Å². The predicted molar refractivity (Wildman–Crippen MR) is 71.4 cm³/mol. The average Bonchev–Trinajstić information content (AvgIpc) is 2.38. The highest BCUT2D eigenvalue weighted by Crippen LogP contribution is 2.13. The van der Waals surface area contributed by atoms with Gasteiger partial charge in [-0.2, -0.15) is 5.10 Å². The first-order chi connectivity index (χ1) is 8.25. The molecule has 0 saturated carbocycles. The second-order valence-corrected chi connectivity index (χ2v) is 3.88. The molecule has 0 radical (unpaired) electrons. The second kappa shape index (κ2) is 5.25. The zero-order valence-electron chi connectivity index (χ0n) is 10.0. The summed E-state index contributed by atoms with van der Waals surface area (Å²) in [4.78, 5) is 3.97. The Bertz CT molecular complexity index is 489. The van der Waals surface area contributed by atoms with Crippen LogP contribution in [0, 0.1) is 6.92 Å². The number of aromatic nitrogens is 1. The van der Waals surface area contributed by atoms with Gasteiger partial charge in [0.2, 0.25) is 0 Å². The van der Waals surface area contributed by atoms with Crippen molar-refractivity contribution in [1.29, 1.82) is 0 Å². The van der Waals surface area contributed by atoms with Crippen LogP contribution in [-0.2, 0) is 0 Å². The molecule has 1 aromatic carbocycles. The van der Waals surface area contributed by atoms with E-state index in [1.165, 1.54) is 5.56 Å². The van der Waals surface area contributed by atoms with Gasteiger partial charge in [-0.05, 0) is 36.8 Å². The number of hydrogen-bond acceptors (Lipinski definition) is 3. The third-order valence-corrected chi connectivity index (χ3v) is 2.49. The average molecular weight is 225 g/mol. The number of rotatable bonds is 3. The highest BCUT2D eigenvalue weighted by Gasteiger charge is 1.96. The van der Waals surface area contributed by atoms with E-state index in [9.17, 15) is 0 Å². The van der Waals surface area contributed by atoms with E-state index in [0.717, 1.165) is 11.3 Å². The maximum absolute atomic E-state index is 4.37. The summed E-state index contributed by atoms with van der Waals surface area (Å²) in [6.07, 6.45) is 5.34. The quantitative estimate of drug-likeness (QED) is 0.593. The molecule has 0 unspecified atom stereocenters. The van der Waals surface area contributed by atoms with E-state index in [0.29, 0.717) is 0 Å². The molecule has 86 valence electrons. The van der Waals surface area contributed by atoms with Gasteiger partial charge in [-0.3, -0.25) is 9.99 Å². The van der Waals surface area contributed by atoms with Crippen LogP contribution in [0.4, 0.5) is 5.69 Å². The van der Waals surface area contributed by atoms with E-state index in [1.54, 1.807) is 12.4 Å². The van der Waals surface area contributed by atoms with Crippen LogP contribution in [0.2, 0.25) is 0 Å². The molecule has 3 heteroatoms. The van der Waals surface area contributed by atoms with Crippen molar-refractivity contribution in [3.63, 3.8) is 0 Å². The molecule has 0 fully saturated rings. The Labute approximate surface area is 101 Å². The monoisotopic (exact) mass is 225 g/mol. The minimum Gasteiger partial charge on any atom is -0.269 e. The van der Waals surface area contributed by atoms with Crippen molar-refractivity contribution < 1.29 is 0 Å². The predicted octanol–water partition coefficient (Wildman–Crippen LogP) is 2.86. The zero-order chi connectivity index (χ0) is 12.1. The lowest BCUT2D eigenvalue weighted by molar-refractivity contribution is 1.02. The van der Waals surface area contributed by atoms with Gasteiger partial charge in [0.15, 0.2) is 0 Å². The van der Waals surface area contributed by atoms with Crippen molar-refractivity contribution in [2.45, 2.75) is 6.92 Å². The molecule has 3 nitrogen and oxygen atoms in total. The van der Waals surface area contributed by atoms with Crippen LogP contribution >= 0.6 is 0 Å². The van der Waals surface area contributed by atoms with Gasteiger partial charge < -0.3 is 0 Å². The molecule has 0 aliphatic heterocycles. The molecule has 0 atom stereocenters. The van der Waals surface area contributed by atoms with E-state index in [-0.39, 0.29) is 0 Å². The molecule has 0 spiro atoms. The number of aryl methyl sites for hydroxylation is 1. The highest BCUT2D eigenvalue weighted by molar-refractivity contribution is 5.79. The number of anilines is 1. The zero-order valence-corrected chi connectivity index (χ0v) is 10.0. The van der Waals surface area contributed by atoms with Crippen molar-refractivity contribution in [3.05, 3.63) is 59.9 Å². The van der Waals surface area contributed by atoms with E-state index in [4.69, 9.17) is 0 Å². The lowest BCUT2D eigenvalue weighted by Crippen LogP contribution is -2.08. The first-order valence-corrected chi connectivity index (χ1v) is 5.50. The minimum atomic E-state index is 1.04. The van der Waals surface area contributed by atoms with Crippen molar-refractivity contribution in [3.8, 4) is 0 Å². The Morgan fingerprint density at radius 3 is 2.35 bits per heavy atom. The van der Waals surface area contributed by atoms with Gasteiger partial charge in [0.25, 0.3) is 0 Å². The van der Waals surface area contributed by atoms with Crippen LogP contribution in [0.1, 0.15) is 11.1 Å². The number of pyridine rings is 1. The third kappa shape index (κ3) is 3.14. The van der Waals surface area contributed by atoms with Gasteiger partial charge >= 0.3 is 0 Å². The first kappa shape index (κ1) is 11.3. The van der Waals surface area contributed by atoms with E-state index >= 15 is 0 Å². The van der Waals surface area contributed by atoms with Crippen molar-refractivity contribution in [2.75, 3.05) is 12.1 Å². The number of hydrazone groups is 1. The highest BCUT2D eigenvalue weighted by atomic mass is 15.4. The molecule has 0 amide bonds. The molecule has 0 aliphatic carbocycles. The van der Waals surface area contributed by atoms with Gasteiger partial charge in [0, 0.05) is 19.4 Å². The van der Waals surface area contributed by atoms with Crippen LogP contribution in [-0.4, -0.2) is 18.2 Å². The summed E-state index contributed by atoms with van der Waals surface area (Å²) >= 11 is 0. The smallest absolute Gasteiger partial charge is 0.0590 e. The molecule has 1 aromatic heterocycles. The Morgan fingerprint density at radius 1 is 1.06 bits per heavy atom. The number of hydrogen-bond donors (Lipinski definition) is 0. The number of benzene rings is 1. The van der Waals surface area contributed by atoms with Crippen LogP contribution in [0.15, 0.2) is 53.9 Å². The van der Waals surface area contributed by atoms with E-state index in [2.05, 4.69) is 41.3 Å². The van der Waals surface area contributed by atoms with Crippen molar-refractivity contribution >= 4 is 11.9 Å². The summed E-state index contributed by atoms with van der Waals surface area (Å²) in [5, 5.41) is 6.22. The standard InChI is InChI=1S/C14H15N3/c1-12-3-5-14(6-4-12)17(2)16-11-13-7-9-15-10-8-13/h3-11H,1-2H3/b16-11+. The van der Waals surface area contributed by atoms with Gasteiger partial charge in [-0.25, -0.2) is 0 Å². The van der Waals surface area contributed by atoms with Crippen LogP contribution in [0.5, 0.6) is 0 Å². The Hall–Kier alpha value is -2.16. The Morgan fingerprint density at radius 2 is 1.71 bits per heavy atom. The molecule has 2 aromatic rings. The van der Waals surface area contributed by atoms with E-state index in [1.807, 2.05) is 30.4 Å². The summed E-state index contributed by atoms with van der Waals surface area (Å²) < 4.78 is 0. The largest absolute Gasteiger partial charge is 0.269 e. The topological polar surface area (TPSA) is 28.5 Å². The summed E-state index contributed by atoms with van der Waals surface area (Å²) in [6, 6.07) is 12.1. The summed E-state index contributed by atoms with van der Waals surface area (Å²) in [5.41, 5.74) is 3.36. The minimum absolute atomic E-state index is 1.04. The molecule has 1 heterocycles. The normalized spacial score (nSPS) is 10.7. The molecular weight excluding hydrogens is 210 g/mol. The summed E-state index contributed by atoms with van der Waals surface area (Å²) in [6.45, 7) is 2.07. The molecule has 0 N–H and O–H groups in total. The molecule has 2 rings (SSSR count). The second-order valence-electron chi connectivity index (χ2n) is 3.88. The fourth-order valence-electron chi connectivity index (χ4n) is 1.43. The molecule has 0 saturated heterocycles. The fraction of sp³-hybridized carbons (Fsp3) is 0.143. The van der Waals surface area contributed by atoms with Crippen molar-refractivity contribution in [2.24, 2.45) is 5.10 Å². The lowest BCUT2D eigenvalue weighted by atomic mass is 10.2.